The summed E-state index contributed by atoms with van der Waals surface area (Å²) in [5, 5.41) is 20.7. The third-order valence-electron chi connectivity index (χ3n) is 5.11. The number of fused-ring (bicyclic) bond motifs is 1. The first-order valence-corrected chi connectivity index (χ1v) is 10.4. The van der Waals surface area contributed by atoms with Crippen LogP contribution in [0, 0.1) is 11.3 Å². The van der Waals surface area contributed by atoms with Gasteiger partial charge in [-0.25, -0.2) is 4.68 Å². The van der Waals surface area contributed by atoms with E-state index in [2.05, 4.69) is 26.8 Å². The number of nitrogens with zero attached hydrogens (tertiary/aromatic N) is 4. The summed E-state index contributed by atoms with van der Waals surface area (Å²) in [6.45, 7) is 1.54. The molecule has 32 heavy (non-hydrogen) atoms. The summed E-state index contributed by atoms with van der Waals surface area (Å²) < 4.78 is 12.4. The number of hydrogen-bond donors (Lipinski definition) is 3. The van der Waals surface area contributed by atoms with Gasteiger partial charge in [-0.05, 0) is 42.7 Å². The quantitative estimate of drug-likeness (QED) is 0.298. The smallest absolute Gasteiger partial charge is 0.231 e. The fourth-order valence-electron chi connectivity index (χ4n) is 3.46. The second kappa shape index (κ2) is 9.75. The number of para-hydroxylation sites is 1. The van der Waals surface area contributed by atoms with Gasteiger partial charge < -0.3 is 25.8 Å². The normalized spacial score (nSPS) is 12.4. The molecule has 0 amide bonds. The van der Waals surface area contributed by atoms with Crippen molar-refractivity contribution in [2.24, 2.45) is 4.99 Å². The van der Waals surface area contributed by atoms with Crippen molar-refractivity contribution in [1.29, 1.82) is 5.26 Å². The monoisotopic (exact) mass is 431 g/mol. The highest BCUT2D eigenvalue weighted by Crippen LogP contribution is 2.32. The third-order valence-corrected chi connectivity index (χ3v) is 5.11. The lowest BCUT2D eigenvalue weighted by Gasteiger charge is -2.12. The Morgan fingerprint density at radius 2 is 2.00 bits per heavy atom. The maximum Gasteiger partial charge on any atom is 0.231 e. The summed E-state index contributed by atoms with van der Waals surface area (Å²) in [7, 11) is 1.73. The van der Waals surface area contributed by atoms with Crippen LogP contribution in [-0.2, 0) is 13.0 Å². The Balaban J connectivity index is 1.29. The molecule has 0 saturated carbocycles. The van der Waals surface area contributed by atoms with Crippen molar-refractivity contribution in [3.8, 4) is 23.3 Å². The summed E-state index contributed by atoms with van der Waals surface area (Å²) >= 11 is 0. The highest BCUT2D eigenvalue weighted by atomic mass is 16.7. The standard InChI is InChI=1S/C23H25N7O2/c1-26-23(28-14-16-9-10-20-21(12-16)32-15-31-20)27-11-5-8-19-18(13-24)22(25)30(29-19)17-6-3-2-4-7-17/h2-4,6-7,9-10,12H,5,8,11,14-15,25H2,1H3,(H2,26,27,28). The zero-order chi connectivity index (χ0) is 22.3. The predicted molar refractivity (Wildman–Crippen MR) is 122 cm³/mol. The van der Waals surface area contributed by atoms with Crippen molar-refractivity contribution in [2.75, 3.05) is 26.1 Å². The summed E-state index contributed by atoms with van der Waals surface area (Å²) in [4.78, 5) is 4.26. The second-order valence-electron chi connectivity index (χ2n) is 7.21. The number of aryl methyl sites for hydroxylation is 1. The van der Waals surface area contributed by atoms with Gasteiger partial charge in [0.15, 0.2) is 17.5 Å². The molecule has 1 aliphatic rings. The molecule has 0 fully saturated rings. The largest absolute Gasteiger partial charge is 0.454 e. The van der Waals surface area contributed by atoms with Gasteiger partial charge in [0.25, 0.3) is 0 Å². The Morgan fingerprint density at radius 1 is 1.19 bits per heavy atom. The van der Waals surface area contributed by atoms with Gasteiger partial charge in [-0.1, -0.05) is 24.3 Å². The van der Waals surface area contributed by atoms with E-state index in [9.17, 15) is 5.26 Å². The van der Waals surface area contributed by atoms with E-state index < -0.39 is 0 Å². The SMILES string of the molecule is CN=C(NCCCc1nn(-c2ccccc2)c(N)c1C#N)NCc1ccc2c(c1)OCO2. The number of benzene rings is 2. The topological polar surface area (TPSA) is 123 Å². The second-order valence-corrected chi connectivity index (χ2v) is 7.21. The highest BCUT2D eigenvalue weighted by Gasteiger charge is 2.16. The molecule has 2 aromatic carbocycles. The van der Waals surface area contributed by atoms with Crippen molar-refractivity contribution >= 4 is 11.8 Å². The molecule has 0 unspecified atom stereocenters. The van der Waals surface area contributed by atoms with Crippen molar-refractivity contribution in [3.05, 3.63) is 65.4 Å². The third kappa shape index (κ3) is 4.59. The highest BCUT2D eigenvalue weighted by molar-refractivity contribution is 5.79. The van der Waals surface area contributed by atoms with Crippen LogP contribution in [0.25, 0.3) is 5.69 Å². The van der Waals surface area contributed by atoms with Crippen molar-refractivity contribution in [3.63, 3.8) is 0 Å². The predicted octanol–water partition coefficient (Wildman–Crippen LogP) is 2.35. The number of nitriles is 1. The minimum atomic E-state index is 0.262. The molecular formula is C23H25N7O2. The van der Waals surface area contributed by atoms with Crippen LogP contribution >= 0.6 is 0 Å². The van der Waals surface area contributed by atoms with E-state index in [0.717, 1.165) is 29.2 Å². The van der Waals surface area contributed by atoms with Gasteiger partial charge in [0, 0.05) is 20.1 Å². The molecule has 4 rings (SSSR count). The van der Waals surface area contributed by atoms with Gasteiger partial charge in [-0.2, -0.15) is 10.4 Å². The molecule has 3 aromatic rings. The Bertz CT molecular complexity index is 1150. The average Bonchev–Trinajstić information content (AvgIpc) is 3.42. The lowest BCUT2D eigenvalue weighted by molar-refractivity contribution is 0.174. The van der Waals surface area contributed by atoms with E-state index in [1.165, 1.54) is 0 Å². The Hall–Kier alpha value is -4.19. The number of aliphatic imine (C=N–C) groups is 1. The van der Waals surface area contributed by atoms with Crippen molar-refractivity contribution in [1.82, 2.24) is 20.4 Å². The Morgan fingerprint density at radius 3 is 2.78 bits per heavy atom. The maximum atomic E-state index is 9.53. The molecule has 0 saturated heterocycles. The minimum absolute atomic E-state index is 0.262. The number of nitrogens with two attached hydrogens (primary N) is 1. The number of anilines is 1. The van der Waals surface area contributed by atoms with E-state index in [-0.39, 0.29) is 6.79 Å². The Labute approximate surface area is 186 Å². The van der Waals surface area contributed by atoms with Gasteiger partial charge >= 0.3 is 0 Å². The number of aromatic nitrogens is 2. The van der Waals surface area contributed by atoms with Gasteiger partial charge in [-0.15, -0.1) is 0 Å². The molecule has 0 spiro atoms. The summed E-state index contributed by atoms with van der Waals surface area (Å²) in [6.07, 6.45) is 1.39. The lowest BCUT2D eigenvalue weighted by atomic mass is 10.1. The van der Waals surface area contributed by atoms with Gasteiger partial charge in [0.1, 0.15) is 17.5 Å². The molecule has 0 radical (unpaired) electrons. The summed E-state index contributed by atoms with van der Waals surface area (Å²) in [6, 6.07) is 17.6. The van der Waals surface area contributed by atoms with Gasteiger partial charge in [-0.3, -0.25) is 4.99 Å². The van der Waals surface area contributed by atoms with E-state index in [4.69, 9.17) is 15.2 Å². The number of guanidine groups is 1. The minimum Gasteiger partial charge on any atom is -0.454 e. The first-order valence-electron chi connectivity index (χ1n) is 10.4. The lowest BCUT2D eigenvalue weighted by Crippen LogP contribution is -2.37. The van der Waals surface area contributed by atoms with Crippen LogP contribution < -0.4 is 25.8 Å². The van der Waals surface area contributed by atoms with Crippen LogP contribution in [0.4, 0.5) is 5.82 Å². The molecule has 1 aliphatic heterocycles. The molecule has 9 heteroatoms. The zero-order valence-electron chi connectivity index (χ0n) is 17.8. The molecule has 0 aliphatic carbocycles. The van der Waals surface area contributed by atoms with Crippen LogP contribution in [-0.4, -0.2) is 36.1 Å². The fraction of sp³-hybridized carbons (Fsp3) is 0.261. The van der Waals surface area contributed by atoms with Crippen LogP contribution in [0.1, 0.15) is 23.2 Å². The molecule has 164 valence electrons. The van der Waals surface area contributed by atoms with Crippen LogP contribution in [0.5, 0.6) is 11.5 Å². The first-order chi connectivity index (χ1) is 15.7. The van der Waals surface area contributed by atoms with Crippen LogP contribution in [0.2, 0.25) is 0 Å². The van der Waals surface area contributed by atoms with E-state index in [0.29, 0.717) is 42.5 Å². The van der Waals surface area contributed by atoms with Gasteiger partial charge in [0.2, 0.25) is 6.79 Å². The summed E-state index contributed by atoms with van der Waals surface area (Å²) in [5.41, 5.74) is 9.19. The number of nitrogens with one attached hydrogen (secondary N) is 2. The van der Waals surface area contributed by atoms with Gasteiger partial charge in [0.05, 0.1) is 11.4 Å². The average molecular weight is 432 g/mol. The molecule has 0 bridgehead atoms. The number of nitrogen functional groups attached to an aromatic ring is 1. The molecule has 0 atom stereocenters. The molecular weight excluding hydrogens is 406 g/mol. The number of ether oxygens (including phenoxy) is 2. The molecule has 4 N–H and O–H groups in total. The number of rotatable bonds is 7. The molecule has 2 heterocycles. The number of hydrogen-bond acceptors (Lipinski definition) is 6. The first kappa shape index (κ1) is 21.1. The van der Waals surface area contributed by atoms with Crippen LogP contribution in [0.3, 0.4) is 0 Å². The Kier molecular flexibility index (Phi) is 6.41. The van der Waals surface area contributed by atoms with Crippen LogP contribution in [0.15, 0.2) is 53.5 Å². The fourth-order valence-corrected chi connectivity index (χ4v) is 3.46. The zero-order valence-corrected chi connectivity index (χ0v) is 17.8. The van der Waals surface area contributed by atoms with Crippen molar-refractivity contribution in [2.45, 2.75) is 19.4 Å². The van der Waals surface area contributed by atoms with Crippen molar-refractivity contribution < 1.29 is 9.47 Å². The molecule has 9 nitrogen and oxygen atoms in total. The molecule has 1 aromatic heterocycles. The van der Waals surface area contributed by atoms with E-state index in [1.807, 2.05) is 48.5 Å². The van der Waals surface area contributed by atoms with E-state index in [1.54, 1.807) is 11.7 Å². The van der Waals surface area contributed by atoms with E-state index >= 15 is 0 Å². The summed E-state index contributed by atoms with van der Waals surface area (Å²) in [5.74, 6) is 2.58. The maximum absolute atomic E-state index is 9.53.